The maximum atomic E-state index is 9.27. The van der Waals surface area contributed by atoms with Crippen molar-refractivity contribution in [2.45, 2.75) is 25.9 Å². The molecule has 0 amide bonds. The van der Waals surface area contributed by atoms with Crippen LogP contribution in [0.15, 0.2) is 24.3 Å². The highest BCUT2D eigenvalue weighted by molar-refractivity contribution is 5.27. The topological polar surface area (TPSA) is 41.9 Å². The summed E-state index contributed by atoms with van der Waals surface area (Å²) in [6, 6.07) is 8.17. The molecule has 4 nitrogen and oxygen atoms in total. The van der Waals surface area contributed by atoms with Gasteiger partial charge >= 0.3 is 0 Å². The van der Waals surface area contributed by atoms with Gasteiger partial charge < -0.3 is 14.6 Å². The summed E-state index contributed by atoms with van der Waals surface area (Å²) < 4.78 is 11.1. The third-order valence-electron chi connectivity index (χ3n) is 3.55. The smallest absolute Gasteiger partial charge is 0.119 e. The second-order valence-electron chi connectivity index (χ2n) is 5.33. The van der Waals surface area contributed by atoms with Crippen molar-refractivity contribution in [1.82, 2.24) is 4.90 Å². The van der Waals surface area contributed by atoms with E-state index in [-0.39, 0.29) is 6.10 Å². The van der Waals surface area contributed by atoms with Gasteiger partial charge in [-0.05, 0) is 37.5 Å². The van der Waals surface area contributed by atoms with Crippen molar-refractivity contribution in [3.05, 3.63) is 29.8 Å². The molecule has 1 aliphatic rings. The molecule has 0 aliphatic carbocycles. The van der Waals surface area contributed by atoms with E-state index in [4.69, 9.17) is 9.47 Å². The number of benzene rings is 1. The summed E-state index contributed by atoms with van der Waals surface area (Å²) in [5, 5.41) is 9.27. The molecule has 2 rings (SSSR count). The fraction of sp³-hybridized carbons (Fsp3) is 0.625. The fourth-order valence-electron chi connectivity index (χ4n) is 2.25. The molecular weight excluding hydrogens is 254 g/mol. The lowest BCUT2D eigenvalue weighted by Crippen LogP contribution is -2.38. The molecule has 1 aromatic carbocycles. The summed E-state index contributed by atoms with van der Waals surface area (Å²) in [7, 11) is 0. The van der Waals surface area contributed by atoms with Crippen molar-refractivity contribution in [2.75, 3.05) is 39.5 Å². The minimum absolute atomic E-state index is 0.237. The second kappa shape index (κ2) is 8.25. The van der Waals surface area contributed by atoms with E-state index in [9.17, 15) is 5.11 Å². The Kier molecular flexibility index (Phi) is 6.30. The Hall–Kier alpha value is -1.10. The highest BCUT2D eigenvalue weighted by atomic mass is 16.5. The van der Waals surface area contributed by atoms with Gasteiger partial charge in [-0.2, -0.15) is 0 Å². The monoisotopic (exact) mass is 279 g/mol. The predicted molar refractivity (Wildman–Crippen MR) is 79.2 cm³/mol. The first kappa shape index (κ1) is 15.3. The van der Waals surface area contributed by atoms with Crippen LogP contribution in [0.25, 0.3) is 0 Å². The van der Waals surface area contributed by atoms with E-state index in [1.807, 2.05) is 19.1 Å². The Morgan fingerprint density at radius 3 is 2.60 bits per heavy atom. The summed E-state index contributed by atoms with van der Waals surface area (Å²) >= 11 is 0. The molecule has 4 heteroatoms. The largest absolute Gasteiger partial charge is 0.492 e. The maximum absolute atomic E-state index is 9.27. The zero-order valence-electron chi connectivity index (χ0n) is 12.3. The molecule has 0 spiro atoms. The minimum atomic E-state index is -0.237. The summed E-state index contributed by atoms with van der Waals surface area (Å²) in [5.41, 5.74) is 1.24. The highest BCUT2D eigenvalue weighted by Crippen LogP contribution is 2.14. The lowest BCUT2D eigenvalue weighted by atomic mass is 10.1. The van der Waals surface area contributed by atoms with E-state index in [0.29, 0.717) is 6.61 Å². The standard InChI is InChI=1S/C16H25NO3/c1-14(18)2-3-15-4-6-16(7-5-15)20-13-10-17-8-11-19-12-9-17/h4-7,14,18H,2-3,8-13H2,1H3. The quantitative estimate of drug-likeness (QED) is 0.825. The van der Waals surface area contributed by atoms with Crippen LogP contribution in [-0.2, 0) is 11.2 Å². The zero-order valence-corrected chi connectivity index (χ0v) is 12.3. The van der Waals surface area contributed by atoms with Gasteiger partial charge in [0.25, 0.3) is 0 Å². The number of aryl methyl sites for hydroxylation is 1. The predicted octanol–water partition coefficient (Wildman–Crippen LogP) is 1.71. The molecule has 1 atom stereocenters. The molecule has 1 heterocycles. The lowest BCUT2D eigenvalue weighted by molar-refractivity contribution is 0.0322. The fourth-order valence-corrected chi connectivity index (χ4v) is 2.25. The molecular formula is C16H25NO3. The molecule has 1 aromatic rings. The third kappa shape index (κ3) is 5.49. The number of rotatable bonds is 7. The number of hydrogen-bond acceptors (Lipinski definition) is 4. The molecule has 1 saturated heterocycles. The first-order valence-corrected chi connectivity index (χ1v) is 7.44. The van der Waals surface area contributed by atoms with E-state index in [1.165, 1.54) is 5.56 Å². The van der Waals surface area contributed by atoms with Crippen molar-refractivity contribution in [3.63, 3.8) is 0 Å². The summed E-state index contributed by atoms with van der Waals surface area (Å²) in [4.78, 5) is 2.36. The van der Waals surface area contributed by atoms with Crippen LogP contribution in [0, 0.1) is 0 Å². The molecule has 0 saturated carbocycles. The van der Waals surface area contributed by atoms with Crippen LogP contribution in [-0.4, -0.2) is 55.6 Å². The van der Waals surface area contributed by atoms with Crippen LogP contribution in [0.2, 0.25) is 0 Å². The zero-order chi connectivity index (χ0) is 14.2. The van der Waals surface area contributed by atoms with Crippen LogP contribution in [0.3, 0.4) is 0 Å². The summed E-state index contributed by atoms with van der Waals surface area (Å²) in [6.45, 7) is 7.16. The average Bonchev–Trinajstić information content (AvgIpc) is 2.47. The van der Waals surface area contributed by atoms with Crippen LogP contribution >= 0.6 is 0 Å². The molecule has 0 aromatic heterocycles. The Bertz CT molecular complexity index is 372. The molecule has 1 aliphatic heterocycles. The first-order chi connectivity index (χ1) is 9.74. The normalized spacial score (nSPS) is 17.9. The third-order valence-corrected chi connectivity index (χ3v) is 3.55. The lowest BCUT2D eigenvalue weighted by Gasteiger charge is -2.26. The van der Waals surface area contributed by atoms with Crippen LogP contribution in [0.1, 0.15) is 18.9 Å². The van der Waals surface area contributed by atoms with Crippen LogP contribution in [0.5, 0.6) is 5.75 Å². The SMILES string of the molecule is CC(O)CCc1ccc(OCCN2CCOCC2)cc1. The Labute approximate surface area is 121 Å². The minimum Gasteiger partial charge on any atom is -0.492 e. The van der Waals surface area contributed by atoms with E-state index >= 15 is 0 Å². The van der Waals surface area contributed by atoms with Gasteiger partial charge in [0.1, 0.15) is 12.4 Å². The molecule has 0 bridgehead atoms. The van der Waals surface area contributed by atoms with Crippen molar-refractivity contribution >= 4 is 0 Å². The van der Waals surface area contributed by atoms with Gasteiger partial charge in [-0.1, -0.05) is 12.1 Å². The van der Waals surface area contributed by atoms with Crippen LogP contribution < -0.4 is 4.74 Å². The van der Waals surface area contributed by atoms with Gasteiger partial charge in [0, 0.05) is 19.6 Å². The van der Waals surface area contributed by atoms with Gasteiger partial charge in [0.2, 0.25) is 0 Å². The Morgan fingerprint density at radius 1 is 1.25 bits per heavy atom. The van der Waals surface area contributed by atoms with Crippen molar-refractivity contribution in [2.24, 2.45) is 0 Å². The van der Waals surface area contributed by atoms with Crippen molar-refractivity contribution in [1.29, 1.82) is 0 Å². The van der Waals surface area contributed by atoms with Crippen molar-refractivity contribution in [3.8, 4) is 5.75 Å². The van der Waals surface area contributed by atoms with Gasteiger partial charge in [0.05, 0.1) is 19.3 Å². The van der Waals surface area contributed by atoms with Gasteiger partial charge in [0.15, 0.2) is 0 Å². The second-order valence-corrected chi connectivity index (χ2v) is 5.33. The van der Waals surface area contributed by atoms with Crippen molar-refractivity contribution < 1.29 is 14.6 Å². The molecule has 112 valence electrons. The number of aliphatic hydroxyl groups excluding tert-OH is 1. The first-order valence-electron chi connectivity index (χ1n) is 7.44. The maximum Gasteiger partial charge on any atom is 0.119 e. The summed E-state index contributed by atoms with van der Waals surface area (Å²) in [6.07, 6.45) is 1.47. The number of aliphatic hydroxyl groups is 1. The molecule has 1 unspecified atom stereocenters. The van der Waals surface area contributed by atoms with E-state index in [2.05, 4.69) is 17.0 Å². The van der Waals surface area contributed by atoms with Crippen LogP contribution in [0.4, 0.5) is 0 Å². The molecule has 20 heavy (non-hydrogen) atoms. The van der Waals surface area contributed by atoms with Gasteiger partial charge in [-0.3, -0.25) is 4.90 Å². The number of morpholine rings is 1. The Balaban J connectivity index is 1.67. The van der Waals surface area contributed by atoms with E-state index < -0.39 is 0 Å². The summed E-state index contributed by atoms with van der Waals surface area (Å²) in [5.74, 6) is 0.916. The number of nitrogens with zero attached hydrogens (tertiary/aromatic N) is 1. The molecule has 1 fully saturated rings. The highest BCUT2D eigenvalue weighted by Gasteiger charge is 2.09. The molecule has 1 N–H and O–H groups in total. The van der Waals surface area contributed by atoms with E-state index in [0.717, 1.165) is 51.4 Å². The number of hydrogen-bond donors (Lipinski definition) is 1. The van der Waals surface area contributed by atoms with Gasteiger partial charge in [-0.15, -0.1) is 0 Å². The Morgan fingerprint density at radius 2 is 1.95 bits per heavy atom. The average molecular weight is 279 g/mol. The van der Waals surface area contributed by atoms with E-state index in [1.54, 1.807) is 0 Å². The van der Waals surface area contributed by atoms with Gasteiger partial charge in [-0.25, -0.2) is 0 Å². The number of ether oxygens (including phenoxy) is 2. The molecule has 0 radical (unpaired) electrons.